The molecule has 0 aliphatic carbocycles. The number of fused-ring (bicyclic) bond motifs is 1. The standard InChI is InChI=1S/C15H23NO.C2H6/c1-9-5-14-13(7-12(4)16)10(2)6-11(3)15(14)17-8-9;1-2/h6,9,12H,5,7-8,16H2,1-4H3;1-2H3. The number of hydrogen-bond acceptors (Lipinski definition) is 2. The molecule has 2 unspecified atom stereocenters. The fraction of sp³-hybridized carbons (Fsp3) is 0.647. The van der Waals surface area contributed by atoms with Crippen molar-refractivity contribution in [3.05, 3.63) is 28.3 Å². The molecule has 2 rings (SSSR count). The second-order valence-corrected chi connectivity index (χ2v) is 5.60. The fourth-order valence-corrected chi connectivity index (χ4v) is 2.75. The van der Waals surface area contributed by atoms with Crippen LogP contribution in [-0.4, -0.2) is 12.6 Å². The van der Waals surface area contributed by atoms with Crippen molar-refractivity contribution in [3.8, 4) is 5.75 Å². The maximum absolute atomic E-state index is 5.96. The van der Waals surface area contributed by atoms with Crippen LogP contribution in [0.5, 0.6) is 5.75 Å². The van der Waals surface area contributed by atoms with Gasteiger partial charge < -0.3 is 10.5 Å². The average molecular weight is 263 g/mol. The molecule has 2 N–H and O–H groups in total. The molecule has 0 saturated heterocycles. The van der Waals surface area contributed by atoms with Crippen molar-refractivity contribution in [2.24, 2.45) is 11.7 Å². The zero-order valence-corrected chi connectivity index (χ0v) is 13.3. The van der Waals surface area contributed by atoms with Crippen LogP contribution in [0.15, 0.2) is 6.07 Å². The molecule has 1 heterocycles. The highest BCUT2D eigenvalue weighted by atomic mass is 16.5. The Kier molecular flexibility index (Phi) is 5.86. The first kappa shape index (κ1) is 16.0. The van der Waals surface area contributed by atoms with Crippen molar-refractivity contribution >= 4 is 0 Å². The van der Waals surface area contributed by atoms with Crippen molar-refractivity contribution in [2.75, 3.05) is 6.61 Å². The molecule has 1 aromatic carbocycles. The van der Waals surface area contributed by atoms with Crippen LogP contribution in [0, 0.1) is 19.8 Å². The van der Waals surface area contributed by atoms with Gasteiger partial charge in [-0.25, -0.2) is 0 Å². The summed E-state index contributed by atoms with van der Waals surface area (Å²) in [5.74, 6) is 1.72. The summed E-state index contributed by atoms with van der Waals surface area (Å²) in [5.41, 5.74) is 11.4. The number of nitrogens with two attached hydrogens (primary N) is 1. The molecule has 0 saturated carbocycles. The summed E-state index contributed by atoms with van der Waals surface area (Å²) in [6.45, 7) is 13.5. The quantitative estimate of drug-likeness (QED) is 0.881. The van der Waals surface area contributed by atoms with Crippen LogP contribution in [0.3, 0.4) is 0 Å². The van der Waals surface area contributed by atoms with E-state index in [1.807, 2.05) is 13.8 Å². The Morgan fingerprint density at radius 3 is 2.53 bits per heavy atom. The average Bonchev–Trinajstić information content (AvgIpc) is 2.36. The van der Waals surface area contributed by atoms with Crippen molar-refractivity contribution in [3.63, 3.8) is 0 Å². The van der Waals surface area contributed by atoms with E-state index in [-0.39, 0.29) is 6.04 Å². The van der Waals surface area contributed by atoms with E-state index < -0.39 is 0 Å². The lowest BCUT2D eigenvalue weighted by Crippen LogP contribution is -2.24. The Morgan fingerprint density at radius 2 is 1.95 bits per heavy atom. The van der Waals surface area contributed by atoms with Crippen LogP contribution < -0.4 is 10.5 Å². The summed E-state index contributed by atoms with van der Waals surface area (Å²) < 4.78 is 5.90. The first-order chi connectivity index (χ1) is 8.99. The molecular formula is C17H29NO. The van der Waals surface area contributed by atoms with Gasteiger partial charge in [0.25, 0.3) is 0 Å². The lowest BCUT2D eigenvalue weighted by Gasteiger charge is -2.28. The zero-order chi connectivity index (χ0) is 14.6. The van der Waals surface area contributed by atoms with Gasteiger partial charge in [-0.05, 0) is 61.8 Å². The van der Waals surface area contributed by atoms with Gasteiger partial charge in [0.2, 0.25) is 0 Å². The molecule has 0 amide bonds. The summed E-state index contributed by atoms with van der Waals surface area (Å²) >= 11 is 0. The smallest absolute Gasteiger partial charge is 0.125 e. The van der Waals surface area contributed by atoms with Crippen LogP contribution in [0.4, 0.5) is 0 Å². The molecule has 19 heavy (non-hydrogen) atoms. The molecule has 1 aliphatic rings. The number of ether oxygens (including phenoxy) is 1. The highest BCUT2D eigenvalue weighted by Gasteiger charge is 2.22. The Balaban J connectivity index is 0.000000861. The lowest BCUT2D eigenvalue weighted by molar-refractivity contribution is 0.231. The maximum Gasteiger partial charge on any atom is 0.125 e. The van der Waals surface area contributed by atoms with E-state index in [1.165, 1.54) is 22.3 Å². The molecule has 0 fully saturated rings. The van der Waals surface area contributed by atoms with Crippen LogP contribution in [0.2, 0.25) is 0 Å². The molecule has 0 radical (unpaired) electrons. The number of aryl methyl sites for hydroxylation is 2. The van der Waals surface area contributed by atoms with E-state index in [1.54, 1.807) is 0 Å². The predicted molar refractivity (Wildman–Crippen MR) is 83.0 cm³/mol. The Labute approximate surface area is 118 Å². The molecule has 1 aliphatic heterocycles. The largest absolute Gasteiger partial charge is 0.493 e. The van der Waals surface area contributed by atoms with Crippen LogP contribution in [-0.2, 0) is 12.8 Å². The molecule has 108 valence electrons. The second kappa shape index (κ2) is 6.95. The second-order valence-electron chi connectivity index (χ2n) is 5.60. The van der Waals surface area contributed by atoms with Gasteiger partial charge in [-0.3, -0.25) is 0 Å². The summed E-state index contributed by atoms with van der Waals surface area (Å²) in [6.07, 6.45) is 2.07. The van der Waals surface area contributed by atoms with Gasteiger partial charge in [-0.1, -0.05) is 26.8 Å². The van der Waals surface area contributed by atoms with E-state index in [0.717, 1.165) is 25.2 Å². The third kappa shape index (κ3) is 3.73. The van der Waals surface area contributed by atoms with Gasteiger partial charge in [0.05, 0.1) is 6.61 Å². The van der Waals surface area contributed by atoms with Crippen molar-refractivity contribution in [1.82, 2.24) is 0 Å². The summed E-state index contributed by atoms with van der Waals surface area (Å²) in [7, 11) is 0. The maximum atomic E-state index is 5.96. The number of rotatable bonds is 2. The van der Waals surface area contributed by atoms with Gasteiger partial charge in [-0.15, -0.1) is 0 Å². The number of benzene rings is 1. The van der Waals surface area contributed by atoms with Gasteiger partial charge in [0.1, 0.15) is 5.75 Å². The summed E-state index contributed by atoms with van der Waals surface area (Å²) in [6, 6.07) is 2.43. The van der Waals surface area contributed by atoms with E-state index in [4.69, 9.17) is 10.5 Å². The molecule has 1 aromatic rings. The van der Waals surface area contributed by atoms with Gasteiger partial charge in [0, 0.05) is 6.04 Å². The predicted octanol–water partition coefficient (Wildman–Crippen LogP) is 3.79. The van der Waals surface area contributed by atoms with E-state index in [2.05, 4.69) is 33.8 Å². The first-order valence-electron chi connectivity index (χ1n) is 7.49. The van der Waals surface area contributed by atoms with Crippen LogP contribution in [0.25, 0.3) is 0 Å². The summed E-state index contributed by atoms with van der Waals surface area (Å²) in [5, 5.41) is 0. The van der Waals surface area contributed by atoms with Crippen molar-refractivity contribution < 1.29 is 4.74 Å². The van der Waals surface area contributed by atoms with Crippen molar-refractivity contribution in [1.29, 1.82) is 0 Å². The Bertz CT molecular complexity index is 424. The molecule has 2 heteroatoms. The summed E-state index contributed by atoms with van der Waals surface area (Å²) in [4.78, 5) is 0. The highest BCUT2D eigenvalue weighted by molar-refractivity contribution is 5.51. The monoisotopic (exact) mass is 263 g/mol. The lowest BCUT2D eigenvalue weighted by atomic mass is 9.87. The third-order valence-electron chi connectivity index (χ3n) is 3.50. The normalized spacial score (nSPS) is 18.8. The Morgan fingerprint density at radius 1 is 1.32 bits per heavy atom. The topological polar surface area (TPSA) is 35.2 Å². The van der Waals surface area contributed by atoms with Crippen LogP contribution in [0.1, 0.15) is 49.9 Å². The van der Waals surface area contributed by atoms with Gasteiger partial charge in [0.15, 0.2) is 0 Å². The Hall–Kier alpha value is -1.02. The fourth-order valence-electron chi connectivity index (χ4n) is 2.75. The minimum absolute atomic E-state index is 0.206. The number of hydrogen-bond donors (Lipinski definition) is 1. The molecule has 2 nitrogen and oxygen atoms in total. The van der Waals surface area contributed by atoms with E-state index in [9.17, 15) is 0 Å². The SMILES string of the molecule is CC.Cc1cc(C)c2c(c1CC(C)N)CC(C)CO2. The van der Waals surface area contributed by atoms with E-state index >= 15 is 0 Å². The zero-order valence-electron chi connectivity index (χ0n) is 13.3. The minimum atomic E-state index is 0.206. The molecule has 0 bridgehead atoms. The first-order valence-corrected chi connectivity index (χ1v) is 7.49. The molecular weight excluding hydrogens is 234 g/mol. The molecule has 2 atom stereocenters. The minimum Gasteiger partial charge on any atom is -0.493 e. The molecule has 0 aromatic heterocycles. The third-order valence-corrected chi connectivity index (χ3v) is 3.50. The van der Waals surface area contributed by atoms with Gasteiger partial charge in [-0.2, -0.15) is 0 Å². The highest BCUT2D eigenvalue weighted by Crippen LogP contribution is 2.35. The molecule has 0 spiro atoms. The van der Waals surface area contributed by atoms with Crippen molar-refractivity contribution in [2.45, 2.75) is 60.4 Å². The van der Waals surface area contributed by atoms with Crippen LogP contribution >= 0.6 is 0 Å². The van der Waals surface area contributed by atoms with E-state index in [0.29, 0.717) is 5.92 Å². The van der Waals surface area contributed by atoms with Gasteiger partial charge >= 0.3 is 0 Å².